The van der Waals surface area contributed by atoms with Gasteiger partial charge < -0.3 is 20.1 Å². The lowest BCUT2D eigenvalue weighted by Gasteiger charge is -2.10. The molecule has 0 unspecified atom stereocenters. The molecule has 2 heterocycles. The lowest BCUT2D eigenvalue weighted by atomic mass is 10.1. The molecule has 1 aliphatic rings. The first-order valence-corrected chi connectivity index (χ1v) is 7.88. The minimum atomic E-state index is 0.242. The van der Waals surface area contributed by atoms with Gasteiger partial charge in [0.25, 0.3) is 0 Å². The fourth-order valence-electron chi connectivity index (χ4n) is 2.61. The maximum Gasteiger partial charge on any atom is 0.249 e. The molecule has 2 N–H and O–H groups in total. The third kappa shape index (κ3) is 3.30. The van der Waals surface area contributed by atoms with Gasteiger partial charge in [0.1, 0.15) is 0 Å². The van der Waals surface area contributed by atoms with Gasteiger partial charge >= 0.3 is 0 Å². The second kappa shape index (κ2) is 6.27. The van der Waals surface area contributed by atoms with Crippen molar-refractivity contribution in [1.29, 1.82) is 0 Å². The van der Waals surface area contributed by atoms with Crippen molar-refractivity contribution >= 4 is 23.1 Å². The molecule has 7 heteroatoms. The highest BCUT2D eigenvalue weighted by molar-refractivity contribution is 5.63. The molecule has 7 nitrogen and oxygen atoms in total. The molecular formula is C18H17N5O2. The Hall–Kier alpha value is -3.35. The topological polar surface area (TPSA) is 81.2 Å². The van der Waals surface area contributed by atoms with E-state index in [-0.39, 0.29) is 6.79 Å². The Balaban J connectivity index is 1.53. The molecule has 0 fully saturated rings. The van der Waals surface area contributed by atoms with Crippen LogP contribution in [0, 0.1) is 13.8 Å². The summed E-state index contributed by atoms with van der Waals surface area (Å²) in [6, 6.07) is 11.8. The van der Waals surface area contributed by atoms with E-state index >= 15 is 0 Å². The fourth-order valence-corrected chi connectivity index (χ4v) is 2.61. The zero-order valence-corrected chi connectivity index (χ0v) is 13.9. The summed E-state index contributed by atoms with van der Waals surface area (Å²) in [5.41, 5.74) is 4.15. The van der Waals surface area contributed by atoms with Gasteiger partial charge in [-0.05, 0) is 37.6 Å². The van der Waals surface area contributed by atoms with Gasteiger partial charge in [0.05, 0.1) is 6.20 Å². The maximum absolute atomic E-state index is 5.37. The molecule has 25 heavy (non-hydrogen) atoms. The maximum atomic E-state index is 5.37. The monoisotopic (exact) mass is 335 g/mol. The van der Waals surface area contributed by atoms with Crippen molar-refractivity contribution in [3.8, 4) is 11.5 Å². The number of ether oxygens (including phenoxy) is 2. The van der Waals surface area contributed by atoms with E-state index in [2.05, 4.69) is 51.8 Å². The van der Waals surface area contributed by atoms with Crippen molar-refractivity contribution < 1.29 is 9.47 Å². The van der Waals surface area contributed by atoms with Gasteiger partial charge in [-0.15, -0.1) is 5.10 Å². The molecule has 126 valence electrons. The van der Waals surface area contributed by atoms with Crippen molar-refractivity contribution in [2.75, 3.05) is 17.4 Å². The molecule has 0 saturated heterocycles. The number of nitrogens with zero attached hydrogens (tertiary/aromatic N) is 3. The van der Waals surface area contributed by atoms with Crippen molar-refractivity contribution in [3.05, 3.63) is 53.7 Å². The Bertz CT molecular complexity index is 929. The Labute approximate surface area is 145 Å². The van der Waals surface area contributed by atoms with E-state index in [0.717, 1.165) is 22.7 Å². The van der Waals surface area contributed by atoms with Crippen LogP contribution in [0.4, 0.5) is 23.1 Å². The largest absolute Gasteiger partial charge is 0.454 e. The number of hydrogen-bond acceptors (Lipinski definition) is 7. The van der Waals surface area contributed by atoms with E-state index in [0.29, 0.717) is 17.5 Å². The van der Waals surface area contributed by atoms with Crippen LogP contribution >= 0.6 is 0 Å². The summed E-state index contributed by atoms with van der Waals surface area (Å²) in [4.78, 5) is 4.45. The third-order valence-corrected chi connectivity index (χ3v) is 3.83. The number of rotatable bonds is 4. The normalized spacial score (nSPS) is 12.1. The predicted octanol–water partition coefficient (Wildman–Crippen LogP) is 3.70. The second-order valence-electron chi connectivity index (χ2n) is 5.80. The highest BCUT2D eigenvalue weighted by Gasteiger charge is 2.13. The van der Waals surface area contributed by atoms with Crippen LogP contribution in [-0.2, 0) is 0 Å². The molecule has 2 aromatic carbocycles. The first-order chi connectivity index (χ1) is 12.2. The molecule has 0 atom stereocenters. The molecule has 1 aromatic heterocycles. The van der Waals surface area contributed by atoms with Gasteiger partial charge in [-0.2, -0.15) is 10.1 Å². The average molecular weight is 335 g/mol. The summed E-state index contributed by atoms with van der Waals surface area (Å²) in [7, 11) is 0. The Morgan fingerprint density at radius 2 is 1.84 bits per heavy atom. The smallest absolute Gasteiger partial charge is 0.249 e. The van der Waals surface area contributed by atoms with Crippen LogP contribution in [0.25, 0.3) is 0 Å². The highest BCUT2D eigenvalue weighted by Crippen LogP contribution is 2.34. The Morgan fingerprint density at radius 1 is 0.960 bits per heavy atom. The number of benzene rings is 2. The van der Waals surface area contributed by atoms with Crippen LogP contribution in [0.3, 0.4) is 0 Å². The summed E-state index contributed by atoms with van der Waals surface area (Å²) in [5, 5.41) is 14.4. The van der Waals surface area contributed by atoms with Crippen LogP contribution < -0.4 is 20.1 Å². The van der Waals surface area contributed by atoms with Crippen molar-refractivity contribution in [3.63, 3.8) is 0 Å². The molecule has 4 rings (SSSR count). The third-order valence-electron chi connectivity index (χ3n) is 3.83. The lowest BCUT2D eigenvalue weighted by molar-refractivity contribution is 0.174. The van der Waals surface area contributed by atoms with E-state index in [1.165, 1.54) is 5.56 Å². The molecule has 0 saturated carbocycles. The first-order valence-electron chi connectivity index (χ1n) is 7.88. The molecule has 3 aromatic rings. The Kier molecular flexibility index (Phi) is 3.81. The van der Waals surface area contributed by atoms with Crippen molar-refractivity contribution in [2.24, 2.45) is 0 Å². The quantitative estimate of drug-likeness (QED) is 0.752. The summed E-state index contributed by atoms with van der Waals surface area (Å²) in [5.74, 6) is 2.44. The molecule has 0 bridgehead atoms. The van der Waals surface area contributed by atoms with E-state index in [4.69, 9.17) is 9.47 Å². The number of nitrogens with one attached hydrogen (secondary N) is 2. The van der Waals surface area contributed by atoms with Gasteiger partial charge in [0.15, 0.2) is 17.3 Å². The summed E-state index contributed by atoms with van der Waals surface area (Å²) in [6.45, 7) is 4.36. The minimum Gasteiger partial charge on any atom is -0.454 e. The zero-order chi connectivity index (χ0) is 17.2. The summed E-state index contributed by atoms with van der Waals surface area (Å²) >= 11 is 0. The van der Waals surface area contributed by atoms with E-state index in [1.807, 2.05) is 24.3 Å². The van der Waals surface area contributed by atoms with Crippen LogP contribution in [0.5, 0.6) is 11.5 Å². The molecule has 0 aliphatic carbocycles. The van der Waals surface area contributed by atoms with Crippen molar-refractivity contribution in [2.45, 2.75) is 13.8 Å². The second-order valence-corrected chi connectivity index (χ2v) is 5.80. The van der Waals surface area contributed by atoms with Gasteiger partial charge in [0.2, 0.25) is 12.7 Å². The SMILES string of the molecule is Cc1ccc(Nc2cnnc(Nc3ccc4c(c3)OCO4)n2)c(C)c1. The van der Waals surface area contributed by atoms with E-state index in [1.54, 1.807) is 6.20 Å². The molecule has 1 aliphatic heterocycles. The minimum absolute atomic E-state index is 0.242. The number of hydrogen-bond donors (Lipinski definition) is 2. The summed E-state index contributed by atoms with van der Waals surface area (Å²) in [6.07, 6.45) is 1.59. The molecule has 0 radical (unpaired) electrons. The summed E-state index contributed by atoms with van der Waals surface area (Å²) < 4.78 is 10.7. The highest BCUT2D eigenvalue weighted by atomic mass is 16.7. The fraction of sp³-hybridized carbons (Fsp3) is 0.167. The van der Waals surface area contributed by atoms with E-state index < -0.39 is 0 Å². The van der Waals surface area contributed by atoms with Gasteiger partial charge in [-0.3, -0.25) is 0 Å². The van der Waals surface area contributed by atoms with Crippen LogP contribution in [-0.4, -0.2) is 22.0 Å². The molecule has 0 spiro atoms. The standard InChI is InChI=1S/C18H17N5O2/c1-11-3-5-14(12(2)7-11)21-17-9-19-23-18(22-17)20-13-4-6-15-16(8-13)25-10-24-15/h3-9H,10H2,1-2H3,(H2,20,21,22,23). The van der Waals surface area contributed by atoms with Gasteiger partial charge in [0, 0.05) is 17.4 Å². The number of anilines is 4. The zero-order valence-electron chi connectivity index (χ0n) is 13.9. The molecule has 0 amide bonds. The van der Waals surface area contributed by atoms with Crippen LogP contribution in [0.2, 0.25) is 0 Å². The van der Waals surface area contributed by atoms with Crippen LogP contribution in [0.1, 0.15) is 11.1 Å². The van der Waals surface area contributed by atoms with Crippen LogP contribution in [0.15, 0.2) is 42.6 Å². The predicted molar refractivity (Wildman–Crippen MR) is 94.9 cm³/mol. The first kappa shape index (κ1) is 15.2. The van der Waals surface area contributed by atoms with Crippen molar-refractivity contribution in [1.82, 2.24) is 15.2 Å². The Morgan fingerprint density at radius 3 is 2.72 bits per heavy atom. The molecular weight excluding hydrogens is 318 g/mol. The number of fused-ring (bicyclic) bond motifs is 1. The van der Waals surface area contributed by atoms with Gasteiger partial charge in [-0.25, -0.2) is 0 Å². The number of aryl methyl sites for hydroxylation is 2. The average Bonchev–Trinajstić information content (AvgIpc) is 3.05. The van der Waals surface area contributed by atoms with E-state index in [9.17, 15) is 0 Å². The number of aromatic nitrogens is 3. The van der Waals surface area contributed by atoms with Gasteiger partial charge in [-0.1, -0.05) is 17.7 Å². The lowest BCUT2D eigenvalue weighted by Crippen LogP contribution is -2.03.